The van der Waals surface area contributed by atoms with Crippen molar-refractivity contribution in [1.29, 1.82) is 0 Å². The van der Waals surface area contributed by atoms with Gasteiger partial charge < -0.3 is 14.8 Å². The van der Waals surface area contributed by atoms with Crippen LogP contribution in [-0.2, 0) is 6.54 Å². The number of nitrogens with one attached hydrogen (secondary N) is 1. The number of para-hydroxylation sites is 1. The first-order chi connectivity index (χ1) is 10.3. The molecule has 3 nitrogen and oxygen atoms in total. The molecule has 0 radical (unpaired) electrons. The van der Waals surface area contributed by atoms with Crippen molar-refractivity contribution in [2.75, 3.05) is 18.5 Å². The van der Waals surface area contributed by atoms with E-state index in [1.165, 1.54) is 16.8 Å². The number of hydrogen-bond acceptors (Lipinski definition) is 3. The van der Waals surface area contributed by atoms with Crippen molar-refractivity contribution >= 4 is 5.69 Å². The Morgan fingerprint density at radius 2 is 1.81 bits per heavy atom. The molecular formula is C18H21NO2. The van der Waals surface area contributed by atoms with Crippen LogP contribution in [0.1, 0.15) is 23.1 Å². The van der Waals surface area contributed by atoms with Gasteiger partial charge in [0.05, 0.1) is 13.2 Å². The third-order valence-electron chi connectivity index (χ3n) is 3.93. The summed E-state index contributed by atoms with van der Waals surface area (Å²) >= 11 is 0. The first-order valence-electron chi connectivity index (χ1n) is 7.43. The van der Waals surface area contributed by atoms with E-state index in [-0.39, 0.29) is 0 Å². The molecule has 110 valence electrons. The topological polar surface area (TPSA) is 30.5 Å². The smallest absolute Gasteiger partial charge is 0.166 e. The molecule has 0 atom stereocenters. The Morgan fingerprint density at radius 3 is 2.71 bits per heavy atom. The van der Waals surface area contributed by atoms with Gasteiger partial charge in [0.25, 0.3) is 0 Å². The molecule has 2 aromatic carbocycles. The fourth-order valence-electron chi connectivity index (χ4n) is 2.53. The largest absolute Gasteiger partial charge is 0.490 e. The molecule has 2 aromatic rings. The van der Waals surface area contributed by atoms with Crippen LogP contribution in [0.15, 0.2) is 36.4 Å². The summed E-state index contributed by atoms with van der Waals surface area (Å²) < 4.78 is 11.6. The van der Waals surface area contributed by atoms with Crippen molar-refractivity contribution in [1.82, 2.24) is 0 Å². The SMILES string of the molecule is Cc1cccc(NCc2cccc3c2OCCCO3)c1C. The molecule has 0 saturated heterocycles. The lowest BCUT2D eigenvalue weighted by atomic mass is 10.1. The van der Waals surface area contributed by atoms with Crippen molar-refractivity contribution in [3.63, 3.8) is 0 Å². The second-order valence-corrected chi connectivity index (χ2v) is 5.40. The second-order valence-electron chi connectivity index (χ2n) is 5.40. The fourth-order valence-corrected chi connectivity index (χ4v) is 2.53. The molecule has 0 spiro atoms. The van der Waals surface area contributed by atoms with Gasteiger partial charge >= 0.3 is 0 Å². The lowest BCUT2D eigenvalue weighted by molar-refractivity contribution is 0.296. The van der Waals surface area contributed by atoms with Crippen molar-refractivity contribution in [3.05, 3.63) is 53.1 Å². The summed E-state index contributed by atoms with van der Waals surface area (Å²) in [7, 11) is 0. The Morgan fingerprint density at radius 1 is 1.00 bits per heavy atom. The molecule has 0 fully saturated rings. The summed E-state index contributed by atoms with van der Waals surface area (Å²) in [4.78, 5) is 0. The summed E-state index contributed by atoms with van der Waals surface area (Å²) in [6.45, 7) is 6.44. The zero-order chi connectivity index (χ0) is 14.7. The minimum atomic E-state index is 0.716. The summed E-state index contributed by atoms with van der Waals surface area (Å²) in [6.07, 6.45) is 0.929. The summed E-state index contributed by atoms with van der Waals surface area (Å²) in [5.74, 6) is 1.74. The van der Waals surface area contributed by atoms with Crippen molar-refractivity contribution in [2.24, 2.45) is 0 Å². The van der Waals surface area contributed by atoms with E-state index in [1.807, 2.05) is 12.1 Å². The van der Waals surface area contributed by atoms with Crippen molar-refractivity contribution < 1.29 is 9.47 Å². The van der Waals surface area contributed by atoms with Crippen LogP contribution >= 0.6 is 0 Å². The quantitative estimate of drug-likeness (QED) is 0.920. The third-order valence-corrected chi connectivity index (χ3v) is 3.93. The minimum Gasteiger partial charge on any atom is -0.490 e. The minimum absolute atomic E-state index is 0.716. The highest BCUT2D eigenvalue weighted by Crippen LogP contribution is 2.33. The Bertz CT molecular complexity index is 637. The molecule has 0 amide bonds. The standard InChI is InChI=1S/C18H21NO2/c1-13-6-3-8-16(14(13)2)19-12-15-7-4-9-17-18(15)21-11-5-10-20-17/h3-4,6-9,19H,5,10-12H2,1-2H3. The maximum Gasteiger partial charge on any atom is 0.166 e. The van der Waals surface area contributed by atoms with Crippen LogP contribution in [0.25, 0.3) is 0 Å². The van der Waals surface area contributed by atoms with Crippen LogP contribution in [0.2, 0.25) is 0 Å². The lowest BCUT2D eigenvalue weighted by Gasteiger charge is -2.15. The number of benzene rings is 2. The van der Waals surface area contributed by atoms with E-state index in [0.717, 1.165) is 36.6 Å². The first-order valence-corrected chi connectivity index (χ1v) is 7.43. The van der Waals surface area contributed by atoms with Gasteiger partial charge in [-0.3, -0.25) is 0 Å². The molecule has 3 rings (SSSR count). The van der Waals surface area contributed by atoms with Gasteiger partial charge in [-0.05, 0) is 37.1 Å². The van der Waals surface area contributed by atoms with E-state index in [1.54, 1.807) is 0 Å². The normalized spacial score (nSPS) is 13.6. The highest BCUT2D eigenvalue weighted by atomic mass is 16.5. The Kier molecular flexibility index (Phi) is 4.00. The molecule has 0 bridgehead atoms. The number of aryl methyl sites for hydroxylation is 1. The molecule has 0 unspecified atom stereocenters. The van der Waals surface area contributed by atoms with Gasteiger partial charge in [-0.25, -0.2) is 0 Å². The van der Waals surface area contributed by atoms with Crippen LogP contribution in [0, 0.1) is 13.8 Å². The molecular weight excluding hydrogens is 262 g/mol. The van der Waals surface area contributed by atoms with Crippen molar-refractivity contribution in [2.45, 2.75) is 26.8 Å². The highest BCUT2D eigenvalue weighted by molar-refractivity contribution is 5.55. The Labute approximate surface area is 125 Å². The summed E-state index contributed by atoms with van der Waals surface area (Å²) in [6, 6.07) is 12.4. The first kappa shape index (κ1) is 13.8. The predicted octanol–water partition coefficient (Wildman–Crippen LogP) is 4.08. The van der Waals surface area contributed by atoms with Crippen LogP contribution in [0.5, 0.6) is 11.5 Å². The second kappa shape index (κ2) is 6.08. The van der Waals surface area contributed by atoms with Gasteiger partial charge in [-0.1, -0.05) is 24.3 Å². The maximum atomic E-state index is 5.86. The average molecular weight is 283 g/mol. The van der Waals surface area contributed by atoms with E-state index in [4.69, 9.17) is 9.47 Å². The van der Waals surface area contributed by atoms with Gasteiger partial charge in [0.15, 0.2) is 11.5 Å². The average Bonchev–Trinajstić information content (AvgIpc) is 2.74. The zero-order valence-corrected chi connectivity index (χ0v) is 12.6. The van der Waals surface area contributed by atoms with Gasteiger partial charge in [-0.2, -0.15) is 0 Å². The van der Waals surface area contributed by atoms with E-state index < -0.39 is 0 Å². The fraction of sp³-hybridized carbons (Fsp3) is 0.333. The number of rotatable bonds is 3. The van der Waals surface area contributed by atoms with Crippen LogP contribution in [0.3, 0.4) is 0 Å². The number of fused-ring (bicyclic) bond motifs is 1. The molecule has 0 aromatic heterocycles. The van der Waals surface area contributed by atoms with Gasteiger partial charge in [0, 0.05) is 24.2 Å². The predicted molar refractivity (Wildman–Crippen MR) is 85.3 cm³/mol. The van der Waals surface area contributed by atoms with E-state index in [0.29, 0.717) is 6.61 Å². The molecule has 1 heterocycles. The van der Waals surface area contributed by atoms with Crippen LogP contribution in [-0.4, -0.2) is 13.2 Å². The summed E-state index contributed by atoms with van der Waals surface area (Å²) in [5.41, 5.74) is 4.89. The molecule has 0 saturated carbocycles. The summed E-state index contributed by atoms with van der Waals surface area (Å²) in [5, 5.41) is 3.51. The molecule has 1 aliphatic heterocycles. The molecule has 1 N–H and O–H groups in total. The molecule has 1 aliphatic rings. The Hall–Kier alpha value is -2.16. The van der Waals surface area contributed by atoms with Gasteiger partial charge in [0.1, 0.15) is 0 Å². The molecule has 0 aliphatic carbocycles. The van der Waals surface area contributed by atoms with Crippen LogP contribution < -0.4 is 14.8 Å². The number of ether oxygens (including phenoxy) is 2. The lowest BCUT2D eigenvalue weighted by Crippen LogP contribution is -2.05. The van der Waals surface area contributed by atoms with Crippen molar-refractivity contribution in [3.8, 4) is 11.5 Å². The monoisotopic (exact) mass is 283 g/mol. The zero-order valence-electron chi connectivity index (χ0n) is 12.6. The number of anilines is 1. The maximum absolute atomic E-state index is 5.86. The molecule has 3 heteroatoms. The van der Waals surface area contributed by atoms with E-state index >= 15 is 0 Å². The third kappa shape index (κ3) is 2.97. The Balaban J connectivity index is 1.81. The van der Waals surface area contributed by atoms with E-state index in [9.17, 15) is 0 Å². The highest BCUT2D eigenvalue weighted by Gasteiger charge is 2.14. The molecule has 21 heavy (non-hydrogen) atoms. The van der Waals surface area contributed by atoms with Gasteiger partial charge in [-0.15, -0.1) is 0 Å². The van der Waals surface area contributed by atoms with E-state index in [2.05, 4.69) is 43.4 Å². The number of hydrogen-bond donors (Lipinski definition) is 1. The van der Waals surface area contributed by atoms with Gasteiger partial charge in [0.2, 0.25) is 0 Å². The van der Waals surface area contributed by atoms with Crippen LogP contribution in [0.4, 0.5) is 5.69 Å².